The average molecular weight is 268 g/mol. The molecule has 0 N–H and O–H groups in total. The SMILES string of the molecule is CSC1CCC(N2CC3CCCCN3CC2C)C1. The fourth-order valence-electron chi connectivity index (χ4n) is 4.32. The van der Waals surface area contributed by atoms with Crippen LogP contribution >= 0.6 is 11.8 Å². The minimum Gasteiger partial charge on any atom is -0.298 e. The molecule has 4 atom stereocenters. The molecule has 2 nitrogen and oxygen atoms in total. The van der Waals surface area contributed by atoms with Gasteiger partial charge < -0.3 is 0 Å². The quantitative estimate of drug-likeness (QED) is 0.760. The second kappa shape index (κ2) is 5.72. The summed E-state index contributed by atoms with van der Waals surface area (Å²) < 4.78 is 0. The molecule has 1 aliphatic carbocycles. The zero-order valence-electron chi connectivity index (χ0n) is 12.0. The molecule has 104 valence electrons. The minimum atomic E-state index is 0.782. The van der Waals surface area contributed by atoms with Gasteiger partial charge in [0.25, 0.3) is 0 Å². The van der Waals surface area contributed by atoms with E-state index in [0.717, 1.165) is 23.4 Å². The molecule has 0 aromatic carbocycles. The summed E-state index contributed by atoms with van der Waals surface area (Å²) in [5.74, 6) is 0. The second-order valence-corrected chi connectivity index (χ2v) is 7.65. The molecule has 18 heavy (non-hydrogen) atoms. The van der Waals surface area contributed by atoms with Gasteiger partial charge in [-0.05, 0) is 51.8 Å². The maximum Gasteiger partial charge on any atom is 0.0224 e. The van der Waals surface area contributed by atoms with Crippen LogP contribution < -0.4 is 0 Å². The number of rotatable bonds is 2. The number of thioether (sulfide) groups is 1. The van der Waals surface area contributed by atoms with Gasteiger partial charge in [-0.3, -0.25) is 9.80 Å². The molecule has 0 aromatic heterocycles. The van der Waals surface area contributed by atoms with Crippen molar-refractivity contribution in [2.45, 2.75) is 68.8 Å². The van der Waals surface area contributed by atoms with E-state index in [-0.39, 0.29) is 0 Å². The van der Waals surface area contributed by atoms with Crippen molar-refractivity contribution >= 4 is 11.8 Å². The summed E-state index contributed by atoms with van der Waals surface area (Å²) in [4.78, 5) is 5.63. The molecule has 0 amide bonds. The number of fused-ring (bicyclic) bond motifs is 1. The number of piperidine rings is 1. The molecular weight excluding hydrogens is 240 g/mol. The van der Waals surface area contributed by atoms with Crippen LogP contribution in [0.1, 0.15) is 45.4 Å². The van der Waals surface area contributed by atoms with Crippen LogP contribution in [0.25, 0.3) is 0 Å². The first-order valence-electron chi connectivity index (χ1n) is 7.80. The van der Waals surface area contributed by atoms with Gasteiger partial charge in [0.1, 0.15) is 0 Å². The summed E-state index contributed by atoms with van der Waals surface area (Å²) >= 11 is 2.09. The summed E-state index contributed by atoms with van der Waals surface area (Å²) in [7, 11) is 0. The van der Waals surface area contributed by atoms with Gasteiger partial charge in [-0.15, -0.1) is 0 Å². The van der Waals surface area contributed by atoms with Gasteiger partial charge in [-0.1, -0.05) is 6.42 Å². The van der Waals surface area contributed by atoms with Crippen LogP contribution in [-0.4, -0.2) is 59.1 Å². The van der Waals surface area contributed by atoms with E-state index in [2.05, 4.69) is 34.7 Å². The highest BCUT2D eigenvalue weighted by Gasteiger charge is 2.38. The van der Waals surface area contributed by atoms with Gasteiger partial charge in [0.2, 0.25) is 0 Å². The monoisotopic (exact) mass is 268 g/mol. The van der Waals surface area contributed by atoms with E-state index in [1.807, 2.05) is 0 Å². The Labute approximate surface area is 116 Å². The molecule has 0 aromatic rings. The van der Waals surface area contributed by atoms with Crippen molar-refractivity contribution in [1.82, 2.24) is 9.80 Å². The largest absolute Gasteiger partial charge is 0.298 e. The molecule has 3 heteroatoms. The van der Waals surface area contributed by atoms with E-state index in [4.69, 9.17) is 0 Å². The molecule has 0 radical (unpaired) electrons. The zero-order valence-corrected chi connectivity index (χ0v) is 12.8. The predicted octanol–water partition coefficient (Wildman–Crippen LogP) is 2.83. The Morgan fingerprint density at radius 1 is 1.00 bits per heavy atom. The lowest BCUT2D eigenvalue weighted by atomic mass is 9.95. The normalized spacial score (nSPS) is 43.0. The average Bonchev–Trinajstić information content (AvgIpc) is 2.86. The van der Waals surface area contributed by atoms with Crippen LogP contribution in [0.3, 0.4) is 0 Å². The van der Waals surface area contributed by atoms with E-state index in [0.29, 0.717) is 0 Å². The molecule has 4 unspecified atom stereocenters. The van der Waals surface area contributed by atoms with E-state index in [1.165, 1.54) is 58.2 Å². The van der Waals surface area contributed by atoms with Crippen LogP contribution in [0.2, 0.25) is 0 Å². The first kappa shape index (κ1) is 13.3. The fraction of sp³-hybridized carbons (Fsp3) is 1.00. The van der Waals surface area contributed by atoms with Crippen molar-refractivity contribution in [2.75, 3.05) is 25.9 Å². The van der Waals surface area contributed by atoms with Crippen LogP contribution in [-0.2, 0) is 0 Å². The van der Waals surface area contributed by atoms with Gasteiger partial charge in [0.15, 0.2) is 0 Å². The maximum absolute atomic E-state index is 2.86. The Morgan fingerprint density at radius 2 is 1.89 bits per heavy atom. The molecule has 2 heterocycles. The summed E-state index contributed by atoms with van der Waals surface area (Å²) in [6, 6.07) is 2.55. The molecule has 3 rings (SSSR count). The number of hydrogen-bond donors (Lipinski definition) is 0. The lowest BCUT2D eigenvalue weighted by Crippen LogP contribution is -2.60. The highest BCUT2D eigenvalue weighted by molar-refractivity contribution is 7.99. The van der Waals surface area contributed by atoms with Crippen LogP contribution in [0.15, 0.2) is 0 Å². The Morgan fingerprint density at radius 3 is 2.67 bits per heavy atom. The van der Waals surface area contributed by atoms with Gasteiger partial charge in [-0.25, -0.2) is 0 Å². The maximum atomic E-state index is 2.86. The topological polar surface area (TPSA) is 6.48 Å². The van der Waals surface area contributed by atoms with Gasteiger partial charge in [-0.2, -0.15) is 11.8 Å². The Hall–Kier alpha value is 0.270. The van der Waals surface area contributed by atoms with Gasteiger partial charge in [0, 0.05) is 36.5 Å². The summed E-state index contributed by atoms with van der Waals surface area (Å²) in [5, 5.41) is 0.937. The summed E-state index contributed by atoms with van der Waals surface area (Å²) in [5.41, 5.74) is 0. The molecule has 0 bridgehead atoms. The number of nitrogens with zero attached hydrogens (tertiary/aromatic N) is 2. The lowest BCUT2D eigenvalue weighted by Gasteiger charge is -2.49. The van der Waals surface area contributed by atoms with Crippen molar-refractivity contribution in [2.24, 2.45) is 0 Å². The first-order valence-corrected chi connectivity index (χ1v) is 9.09. The molecule has 1 saturated carbocycles. The van der Waals surface area contributed by atoms with Crippen molar-refractivity contribution in [1.29, 1.82) is 0 Å². The first-order chi connectivity index (χ1) is 8.78. The Bertz CT molecular complexity index is 284. The van der Waals surface area contributed by atoms with Gasteiger partial charge in [0.05, 0.1) is 0 Å². The van der Waals surface area contributed by atoms with Crippen LogP contribution in [0.5, 0.6) is 0 Å². The van der Waals surface area contributed by atoms with E-state index in [9.17, 15) is 0 Å². The smallest absolute Gasteiger partial charge is 0.0224 e. The number of hydrogen-bond acceptors (Lipinski definition) is 3. The lowest BCUT2D eigenvalue weighted by molar-refractivity contribution is -0.00624. The molecule has 3 fully saturated rings. The minimum absolute atomic E-state index is 0.782. The van der Waals surface area contributed by atoms with E-state index >= 15 is 0 Å². The molecule has 0 spiro atoms. The highest BCUT2D eigenvalue weighted by Crippen LogP contribution is 2.35. The fourth-order valence-corrected chi connectivity index (χ4v) is 5.10. The Kier molecular flexibility index (Phi) is 4.21. The molecule has 2 saturated heterocycles. The van der Waals surface area contributed by atoms with Crippen molar-refractivity contribution in [3.63, 3.8) is 0 Å². The molecular formula is C15H28N2S. The third kappa shape index (κ3) is 2.59. The van der Waals surface area contributed by atoms with Crippen molar-refractivity contribution in [3.05, 3.63) is 0 Å². The predicted molar refractivity (Wildman–Crippen MR) is 80.3 cm³/mol. The third-order valence-electron chi connectivity index (χ3n) is 5.39. The Balaban J connectivity index is 1.62. The van der Waals surface area contributed by atoms with E-state index in [1.54, 1.807) is 0 Å². The second-order valence-electron chi connectivity index (χ2n) is 6.51. The number of piperazine rings is 1. The third-order valence-corrected chi connectivity index (χ3v) is 6.49. The van der Waals surface area contributed by atoms with Crippen molar-refractivity contribution < 1.29 is 0 Å². The van der Waals surface area contributed by atoms with Crippen LogP contribution in [0.4, 0.5) is 0 Å². The standard InChI is InChI=1S/C15H28N2S/c1-12-10-16-8-4-3-5-14(16)11-17(12)13-6-7-15(9-13)18-2/h12-15H,3-11H2,1-2H3. The molecule has 2 aliphatic heterocycles. The van der Waals surface area contributed by atoms with Gasteiger partial charge >= 0.3 is 0 Å². The van der Waals surface area contributed by atoms with Crippen LogP contribution in [0, 0.1) is 0 Å². The summed E-state index contributed by atoms with van der Waals surface area (Å²) in [6.45, 7) is 6.50. The van der Waals surface area contributed by atoms with Crippen molar-refractivity contribution in [3.8, 4) is 0 Å². The summed E-state index contributed by atoms with van der Waals surface area (Å²) in [6.07, 6.45) is 11.0. The van der Waals surface area contributed by atoms with E-state index < -0.39 is 0 Å². The molecule has 3 aliphatic rings. The highest BCUT2D eigenvalue weighted by atomic mass is 32.2. The zero-order chi connectivity index (χ0) is 12.5.